The number of amides is 2. The Labute approximate surface area is 203 Å². The van der Waals surface area contributed by atoms with Crippen LogP contribution in [0.1, 0.15) is 35.7 Å². The molecule has 0 radical (unpaired) electrons. The van der Waals surface area contributed by atoms with Gasteiger partial charge in [-0.15, -0.1) is 0 Å². The zero-order valence-electron chi connectivity index (χ0n) is 19.7. The van der Waals surface area contributed by atoms with E-state index in [2.05, 4.69) is 10.3 Å². The highest BCUT2D eigenvalue weighted by Gasteiger charge is 2.30. The predicted molar refractivity (Wildman–Crippen MR) is 129 cm³/mol. The number of carbonyl (C=O) groups excluding carboxylic acids is 2. The predicted octanol–water partition coefficient (Wildman–Crippen LogP) is 3.15. The number of ether oxygens (including phenoxy) is 1. The van der Waals surface area contributed by atoms with Gasteiger partial charge in [-0.3, -0.25) is 9.59 Å². The molecule has 1 aliphatic rings. The number of alkyl carbamates (subject to hydrolysis) is 1. The first-order chi connectivity index (χ1) is 16.8. The molecule has 2 amide bonds. The molecule has 0 spiro atoms. The average Bonchev–Trinajstić information content (AvgIpc) is 3.40. The van der Waals surface area contributed by atoms with Crippen molar-refractivity contribution < 1.29 is 24.2 Å². The van der Waals surface area contributed by atoms with Crippen LogP contribution in [0.5, 0.6) is 0 Å². The molecule has 0 saturated carbocycles. The van der Waals surface area contributed by atoms with Gasteiger partial charge in [0.25, 0.3) is 0 Å². The summed E-state index contributed by atoms with van der Waals surface area (Å²) >= 11 is 0. The van der Waals surface area contributed by atoms with E-state index in [1.54, 1.807) is 24.0 Å². The number of carbonyl (C=O) groups is 3. The fraction of sp³-hybridized carbons (Fsp3) is 0.308. The second-order valence-electron chi connectivity index (χ2n) is 8.60. The Balaban J connectivity index is 1.42. The monoisotopic (exact) mass is 476 g/mol. The summed E-state index contributed by atoms with van der Waals surface area (Å²) in [5.74, 6) is -0.918. The summed E-state index contributed by atoms with van der Waals surface area (Å²) in [6, 6.07) is 15.0. The Morgan fingerprint density at radius 1 is 1.11 bits per heavy atom. The molecule has 1 aliphatic carbocycles. The molecule has 2 aromatic carbocycles. The van der Waals surface area contributed by atoms with Gasteiger partial charge in [-0.2, -0.15) is 0 Å². The van der Waals surface area contributed by atoms with Crippen molar-refractivity contribution in [1.29, 1.82) is 0 Å². The molecule has 0 aliphatic heterocycles. The first-order valence-corrected chi connectivity index (χ1v) is 11.4. The van der Waals surface area contributed by atoms with Gasteiger partial charge in [-0.1, -0.05) is 48.5 Å². The summed E-state index contributed by atoms with van der Waals surface area (Å²) in [5.41, 5.74) is 4.38. The third-order valence-corrected chi connectivity index (χ3v) is 6.26. The summed E-state index contributed by atoms with van der Waals surface area (Å²) in [7, 11) is 3.40. The number of carboxylic acids is 1. The van der Waals surface area contributed by atoms with Gasteiger partial charge < -0.3 is 24.6 Å². The minimum absolute atomic E-state index is 0.0523. The van der Waals surface area contributed by atoms with Crippen molar-refractivity contribution in [2.75, 3.05) is 13.7 Å². The highest BCUT2D eigenvalue weighted by molar-refractivity contribution is 5.86. The lowest BCUT2D eigenvalue weighted by atomic mass is 9.98. The van der Waals surface area contributed by atoms with Crippen LogP contribution in [0.25, 0.3) is 11.1 Å². The number of rotatable bonds is 9. The third-order valence-electron chi connectivity index (χ3n) is 6.26. The Bertz CT molecular complexity index is 1190. The molecule has 35 heavy (non-hydrogen) atoms. The van der Waals surface area contributed by atoms with E-state index in [9.17, 15) is 14.4 Å². The van der Waals surface area contributed by atoms with E-state index in [4.69, 9.17) is 9.84 Å². The first-order valence-electron chi connectivity index (χ1n) is 11.4. The number of nitrogens with one attached hydrogen (secondary N) is 1. The van der Waals surface area contributed by atoms with Crippen molar-refractivity contribution in [3.8, 4) is 11.1 Å². The Hall–Kier alpha value is -4.14. The van der Waals surface area contributed by atoms with Crippen LogP contribution >= 0.6 is 0 Å². The van der Waals surface area contributed by atoms with Crippen LogP contribution in [-0.2, 0) is 27.9 Å². The van der Waals surface area contributed by atoms with E-state index in [1.165, 1.54) is 4.90 Å². The van der Waals surface area contributed by atoms with Gasteiger partial charge >= 0.3 is 12.1 Å². The largest absolute Gasteiger partial charge is 0.481 e. The SMILES string of the molecule is CN(Cc1nccn1C)C(=O)C(CCC(=O)O)NC(=O)OCC1c2ccccc2-c2ccccc21. The molecule has 4 rings (SSSR count). The van der Waals surface area contributed by atoms with Crippen molar-refractivity contribution in [3.63, 3.8) is 0 Å². The van der Waals surface area contributed by atoms with E-state index < -0.39 is 24.0 Å². The lowest BCUT2D eigenvalue weighted by Crippen LogP contribution is -2.47. The van der Waals surface area contributed by atoms with Crippen LogP contribution in [0.15, 0.2) is 60.9 Å². The maximum atomic E-state index is 13.0. The Morgan fingerprint density at radius 2 is 1.74 bits per heavy atom. The van der Waals surface area contributed by atoms with Crippen LogP contribution in [0.4, 0.5) is 4.79 Å². The maximum absolute atomic E-state index is 13.0. The molecule has 1 atom stereocenters. The number of likely N-dealkylation sites (N-methyl/N-ethyl adjacent to an activating group) is 1. The summed E-state index contributed by atoms with van der Waals surface area (Å²) in [6.07, 6.45) is 2.31. The Kier molecular flexibility index (Phi) is 7.14. The number of fused-ring (bicyclic) bond motifs is 3. The zero-order valence-corrected chi connectivity index (χ0v) is 19.7. The van der Waals surface area contributed by atoms with Crippen LogP contribution in [0.2, 0.25) is 0 Å². The van der Waals surface area contributed by atoms with Gasteiger partial charge in [0.1, 0.15) is 18.5 Å². The topological polar surface area (TPSA) is 114 Å². The van der Waals surface area contributed by atoms with Gasteiger partial charge in [0.05, 0.1) is 6.54 Å². The van der Waals surface area contributed by atoms with Gasteiger partial charge in [0, 0.05) is 38.8 Å². The molecule has 9 heteroatoms. The van der Waals surface area contributed by atoms with Crippen molar-refractivity contribution in [2.24, 2.45) is 7.05 Å². The molecule has 0 bridgehead atoms. The standard InChI is InChI=1S/C26H28N4O5/c1-29-14-13-27-23(29)15-30(2)25(33)22(11-12-24(31)32)28-26(34)35-16-21-19-9-5-3-7-17(19)18-8-4-6-10-20(18)21/h3-10,13-14,21-22H,11-12,15-16H2,1-2H3,(H,28,34)(H,31,32). The van der Waals surface area contributed by atoms with Crippen LogP contribution < -0.4 is 5.32 Å². The van der Waals surface area contributed by atoms with E-state index >= 15 is 0 Å². The number of nitrogens with zero attached hydrogens (tertiary/aromatic N) is 3. The Morgan fingerprint density at radius 3 is 2.31 bits per heavy atom. The molecule has 9 nitrogen and oxygen atoms in total. The van der Waals surface area contributed by atoms with Crippen LogP contribution in [0, 0.1) is 0 Å². The number of benzene rings is 2. The molecule has 182 valence electrons. The number of hydrogen-bond donors (Lipinski definition) is 2. The normalized spacial score (nSPS) is 13.0. The smallest absolute Gasteiger partial charge is 0.407 e. The minimum atomic E-state index is -1.05. The fourth-order valence-electron chi connectivity index (χ4n) is 4.41. The second-order valence-corrected chi connectivity index (χ2v) is 8.60. The number of imidazole rings is 1. The second kappa shape index (κ2) is 10.4. The van der Waals surface area contributed by atoms with Gasteiger partial charge in [-0.05, 0) is 28.7 Å². The molecule has 2 N–H and O–H groups in total. The summed E-state index contributed by atoms with van der Waals surface area (Å²) < 4.78 is 7.33. The number of hydrogen-bond acceptors (Lipinski definition) is 5. The van der Waals surface area contributed by atoms with Crippen molar-refractivity contribution in [1.82, 2.24) is 19.8 Å². The molecule has 0 fully saturated rings. The van der Waals surface area contributed by atoms with Gasteiger partial charge in [0.15, 0.2) is 0 Å². The van der Waals surface area contributed by atoms with Crippen molar-refractivity contribution in [3.05, 3.63) is 77.9 Å². The summed E-state index contributed by atoms with van der Waals surface area (Å²) in [6.45, 7) is 0.321. The average molecular weight is 477 g/mol. The summed E-state index contributed by atoms with van der Waals surface area (Å²) in [4.78, 5) is 42.5. The molecular formula is C26H28N4O5. The molecule has 3 aromatic rings. The zero-order chi connectivity index (χ0) is 24.9. The molecule has 1 unspecified atom stereocenters. The van der Waals surface area contributed by atoms with Gasteiger partial charge in [0.2, 0.25) is 5.91 Å². The number of carboxylic acid groups (broad SMARTS) is 1. The quantitative estimate of drug-likeness (QED) is 0.491. The molecule has 1 heterocycles. The number of aliphatic carboxylic acids is 1. The highest BCUT2D eigenvalue weighted by Crippen LogP contribution is 2.44. The van der Waals surface area contributed by atoms with E-state index in [0.717, 1.165) is 22.3 Å². The van der Waals surface area contributed by atoms with E-state index in [1.807, 2.05) is 55.6 Å². The lowest BCUT2D eigenvalue weighted by Gasteiger charge is -2.24. The first kappa shape index (κ1) is 24.0. The molecule has 1 aromatic heterocycles. The van der Waals surface area contributed by atoms with E-state index in [0.29, 0.717) is 5.82 Å². The number of aromatic nitrogens is 2. The summed E-state index contributed by atoms with van der Waals surface area (Å²) in [5, 5.41) is 11.7. The third kappa shape index (κ3) is 5.34. The highest BCUT2D eigenvalue weighted by atomic mass is 16.5. The van der Waals surface area contributed by atoms with Crippen LogP contribution in [0.3, 0.4) is 0 Å². The minimum Gasteiger partial charge on any atom is -0.481 e. The van der Waals surface area contributed by atoms with Crippen molar-refractivity contribution >= 4 is 18.0 Å². The molecule has 0 saturated heterocycles. The van der Waals surface area contributed by atoms with E-state index in [-0.39, 0.29) is 31.9 Å². The maximum Gasteiger partial charge on any atom is 0.407 e. The van der Waals surface area contributed by atoms with Gasteiger partial charge in [-0.25, -0.2) is 9.78 Å². The molecular weight excluding hydrogens is 448 g/mol. The van der Waals surface area contributed by atoms with Crippen LogP contribution in [-0.4, -0.2) is 57.2 Å². The fourth-order valence-corrected chi connectivity index (χ4v) is 4.41. The lowest BCUT2D eigenvalue weighted by molar-refractivity contribution is -0.138. The van der Waals surface area contributed by atoms with Crippen molar-refractivity contribution in [2.45, 2.75) is 31.3 Å². The number of aryl methyl sites for hydroxylation is 1.